The van der Waals surface area contributed by atoms with Crippen molar-refractivity contribution >= 4 is 56.4 Å². The van der Waals surface area contributed by atoms with Gasteiger partial charge in [0.1, 0.15) is 4.88 Å². The van der Waals surface area contributed by atoms with Crippen LogP contribution >= 0.6 is 34.7 Å². The molecule has 0 radical (unpaired) electrons. The number of nitrogens with one attached hydrogen (secondary N) is 1. The maximum absolute atomic E-state index is 12.3. The molecule has 0 saturated carbocycles. The van der Waals surface area contributed by atoms with Gasteiger partial charge < -0.3 is 11.1 Å². The second-order valence-corrected chi connectivity index (χ2v) is 6.92. The second kappa shape index (κ2) is 6.70. The van der Waals surface area contributed by atoms with Crippen molar-refractivity contribution in [1.29, 1.82) is 0 Å². The van der Waals surface area contributed by atoms with Crippen LogP contribution in [0.2, 0.25) is 5.02 Å². The molecule has 2 aromatic rings. The minimum absolute atomic E-state index is 0.0966. The minimum Gasteiger partial charge on any atom is -0.397 e. The van der Waals surface area contributed by atoms with Crippen LogP contribution in [0.25, 0.3) is 10.1 Å². The average molecular weight is 329 g/mol. The fourth-order valence-electron chi connectivity index (χ4n) is 1.97. The molecule has 0 aliphatic rings. The van der Waals surface area contributed by atoms with Crippen LogP contribution in [-0.4, -0.2) is 24.0 Å². The van der Waals surface area contributed by atoms with Crippen LogP contribution in [0, 0.1) is 0 Å². The highest BCUT2D eigenvalue weighted by Gasteiger charge is 2.18. The van der Waals surface area contributed by atoms with Crippen molar-refractivity contribution in [3.05, 3.63) is 28.1 Å². The quantitative estimate of drug-likeness (QED) is 0.872. The van der Waals surface area contributed by atoms with Crippen molar-refractivity contribution in [2.45, 2.75) is 19.4 Å². The third-order valence-corrected chi connectivity index (χ3v) is 5.25. The normalized spacial score (nSPS) is 12.6. The molecular weight excluding hydrogens is 312 g/mol. The van der Waals surface area contributed by atoms with E-state index in [-0.39, 0.29) is 11.9 Å². The van der Waals surface area contributed by atoms with Gasteiger partial charge in [0.15, 0.2) is 0 Å². The predicted molar refractivity (Wildman–Crippen MR) is 91.2 cm³/mol. The topological polar surface area (TPSA) is 55.1 Å². The van der Waals surface area contributed by atoms with E-state index in [0.29, 0.717) is 15.6 Å². The van der Waals surface area contributed by atoms with Crippen LogP contribution < -0.4 is 11.1 Å². The number of thioether (sulfide) groups is 1. The Kier molecular flexibility index (Phi) is 5.18. The molecular formula is C14H17ClN2OS2. The SMILES string of the molecule is CCC(CSC)NC(=O)c1sc2ccc(Cl)cc2c1N. The van der Waals surface area contributed by atoms with Gasteiger partial charge in [-0.1, -0.05) is 18.5 Å². The van der Waals surface area contributed by atoms with Crippen molar-refractivity contribution in [3.8, 4) is 0 Å². The first kappa shape index (κ1) is 15.5. The van der Waals surface area contributed by atoms with Gasteiger partial charge in [0, 0.05) is 26.9 Å². The molecule has 1 atom stereocenters. The lowest BCUT2D eigenvalue weighted by Crippen LogP contribution is -2.36. The third kappa shape index (κ3) is 3.22. The number of hydrogen-bond donors (Lipinski definition) is 2. The van der Waals surface area contributed by atoms with E-state index in [4.69, 9.17) is 17.3 Å². The number of amides is 1. The summed E-state index contributed by atoms with van der Waals surface area (Å²) in [7, 11) is 0. The Morgan fingerprint density at radius 2 is 2.30 bits per heavy atom. The number of anilines is 1. The summed E-state index contributed by atoms with van der Waals surface area (Å²) in [6.07, 6.45) is 2.94. The Bertz CT molecular complexity index is 627. The van der Waals surface area contributed by atoms with Gasteiger partial charge in [0.05, 0.1) is 5.69 Å². The number of nitrogens with two attached hydrogens (primary N) is 1. The van der Waals surface area contributed by atoms with Crippen molar-refractivity contribution in [2.75, 3.05) is 17.7 Å². The maximum Gasteiger partial charge on any atom is 0.263 e. The van der Waals surface area contributed by atoms with Gasteiger partial charge in [0.2, 0.25) is 0 Å². The number of hydrogen-bond acceptors (Lipinski definition) is 4. The number of rotatable bonds is 5. The molecule has 6 heteroatoms. The van der Waals surface area contributed by atoms with E-state index in [1.807, 2.05) is 18.4 Å². The lowest BCUT2D eigenvalue weighted by atomic mass is 10.2. The maximum atomic E-state index is 12.3. The van der Waals surface area contributed by atoms with Gasteiger partial charge in [-0.15, -0.1) is 11.3 Å². The Labute approximate surface area is 131 Å². The lowest BCUT2D eigenvalue weighted by molar-refractivity contribution is 0.0945. The average Bonchev–Trinajstić information content (AvgIpc) is 2.75. The molecule has 3 N–H and O–H groups in total. The summed E-state index contributed by atoms with van der Waals surface area (Å²) in [6.45, 7) is 2.06. The third-order valence-electron chi connectivity index (χ3n) is 3.09. The number of carbonyl (C=O) groups excluding carboxylic acids is 1. The van der Waals surface area contributed by atoms with E-state index < -0.39 is 0 Å². The lowest BCUT2D eigenvalue weighted by Gasteiger charge is -2.15. The number of fused-ring (bicyclic) bond motifs is 1. The van der Waals surface area contributed by atoms with Gasteiger partial charge in [-0.25, -0.2) is 0 Å². The highest BCUT2D eigenvalue weighted by atomic mass is 35.5. The largest absolute Gasteiger partial charge is 0.397 e. The first-order valence-electron chi connectivity index (χ1n) is 6.34. The molecule has 0 bridgehead atoms. The molecule has 1 unspecified atom stereocenters. The van der Waals surface area contributed by atoms with E-state index in [9.17, 15) is 4.79 Å². The smallest absolute Gasteiger partial charge is 0.263 e. The van der Waals surface area contributed by atoms with Crippen LogP contribution in [0.1, 0.15) is 23.0 Å². The van der Waals surface area contributed by atoms with Crippen LogP contribution in [0.4, 0.5) is 5.69 Å². The summed E-state index contributed by atoms with van der Waals surface area (Å²) in [5.74, 6) is 0.805. The minimum atomic E-state index is -0.0966. The first-order valence-corrected chi connectivity index (χ1v) is 8.93. The van der Waals surface area contributed by atoms with Crippen molar-refractivity contribution in [1.82, 2.24) is 5.32 Å². The Hall–Kier alpha value is -0.910. The van der Waals surface area contributed by atoms with Crippen molar-refractivity contribution < 1.29 is 4.79 Å². The molecule has 1 heterocycles. The highest BCUT2D eigenvalue weighted by molar-refractivity contribution is 7.98. The molecule has 3 nitrogen and oxygen atoms in total. The molecule has 0 spiro atoms. The van der Waals surface area contributed by atoms with Gasteiger partial charge in [-0.3, -0.25) is 4.79 Å². The molecule has 0 fully saturated rings. The molecule has 0 aliphatic heterocycles. The molecule has 1 aromatic carbocycles. The molecule has 0 aliphatic carbocycles. The number of carbonyl (C=O) groups is 1. The fourth-order valence-corrected chi connectivity index (χ4v) is 3.87. The Morgan fingerprint density at radius 3 is 2.95 bits per heavy atom. The number of thiophene rings is 1. The van der Waals surface area contributed by atoms with E-state index in [1.54, 1.807) is 17.8 Å². The second-order valence-electron chi connectivity index (χ2n) is 4.52. The molecule has 0 saturated heterocycles. The molecule has 20 heavy (non-hydrogen) atoms. The first-order chi connectivity index (χ1) is 9.56. The highest BCUT2D eigenvalue weighted by Crippen LogP contribution is 2.35. The van der Waals surface area contributed by atoms with Gasteiger partial charge in [-0.05, 0) is 30.9 Å². The van der Waals surface area contributed by atoms with Gasteiger partial charge >= 0.3 is 0 Å². The molecule has 108 valence electrons. The van der Waals surface area contributed by atoms with Crippen LogP contribution in [0.15, 0.2) is 18.2 Å². The fraction of sp³-hybridized carbons (Fsp3) is 0.357. The zero-order valence-corrected chi connectivity index (χ0v) is 13.8. The van der Waals surface area contributed by atoms with Crippen LogP contribution in [0.3, 0.4) is 0 Å². The van der Waals surface area contributed by atoms with E-state index >= 15 is 0 Å². The van der Waals surface area contributed by atoms with Crippen molar-refractivity contribution in [3.63, 3.8) is 0 Å². The van der Waals surface area contributed by atoms with E-state index in [0.717, 1.165) is 22.3 Å². The van der Waals surface area contributed by atoms with Crippen LogP contribution in [0.5, 0.6) is 0 Å². The summed E-state index contributed by atoms with van der Waals surface area (Å²) in [4.78, 5) is 12.9. The van der Waals surface area contributed by atoms with Gasteiger partial charge in [-0.2, -0.15) is 11.8 Å². The predicted octanol–water partition coefficient (Wildman–Crippen LogP) is 4.01. The van der Waals surface area contributed by atoms with E-state index in [2.05, 4.69) is 12.2 Å². The van der Waals surface area contributed by atoms with E-state index in [1.165, 1.54) is 11.3 Å². The summed E-state index contributed by atoms with van der Waals surface area (Å²) in [6, 6.07) is 5.68. The summed E-state index contributed by atoms with van der Waals surface area (Å²) in [5.41, 5.74) is 6.60. The number of halogens is 1. The Balaban J connectivity index is 2.28. The molecule has 1 amide bonds. The van der Waals surface area contributed by atoms with Crippen LogP contribution in [-0.2, 0) is 0 Å². The zero-order valence-electron chi connectivity index (χ0n) is 11.4. The van der Waals surface area contributed by atoms with Crippen molar-refractivity contribution in [2.24, 2.45) is 0 Å². The van der Waals surface area contributed by atoms with Gasteiger partial charge in [0.25, 0.3) is 5.91 Å². The summed E-state index contributed by atoms with van der Waals surface area (Å²) >= 11 is 9.10. The molecule has 1 aromatic heterocycles. The monoisotopic (exact) mass is 328 g/mol. The zero-order chi connectivity index (χ0) is 14.7. The Morgan fingerprint density at radius 1 is 1.55 bits per heavy atom. The number of nitrogen functional groups attached to an aromatic ring is 1. The summed E-state index contributed by atoms with van der Waals surface area (Å²) in [5, 5.41) is 4.52. The molecule has 2 rings (SSSR count). The summed E-state index contributed by atoms with van der Waals surface area (Å²) < 4.78 is 0.981. The number of benzene rings is 1. The standard InChI is InChI=1S/C14H17ClN2OS2/c1-3-9(7-19-2)17-14(18)13-12(16)10-6-8(15)4-5-11(10)20-13/h4-6,9H,3,7,16H2,1-2H3,(H,17,18).